The predicted molar refractivity (Wildman–Crippen MR) is 110 cm³/mol. The number of sulfonamides is 1. The molecule has 1 heterocycles. The SMILES string of the molecule is CCCCc1ccc(NC(=O)N2CCC(NS(=O)(=O)C(C)(C)C)CC2)cc1. The molecule has 0 bridgehead atoms. The van der Waals surface area contributed by atoms with Crippen LogP contribution in [0.2, 0.25) is 0 Å². The van der Waals surface area contributed by atoms with Gasteiger partial charge in [0, 0.05) is 24.8 Å². The summed E-state index contributed by atoms with van der Waals surface area (Å²) in [5.74, 6) is 0. The van der Waals surface area contributed by atoms with Gasteiger partial charge in [0.05, 0.1) is 4.75 Å². The number of benzene rings is 1. The van der Waals surface area contributed by atoms with Crippen molar-refractivity contribution in [1.82, 2.24) is 9.62 Å². The first-order valence-electron chi connectivity index (χ1n) is 9.79. The molecule has 0 spiro atoms. The van der Waals surface area contributed by atoms with Crippen molar-refractivity contribution in [3.8, 4) is 0 Å². The van der Waals surface area contributed by atoms with E-state index in [1.165, 1.54) is 18.4 Å². The molecule has 2 amide bonds. The van der Waals surface area contributed by atoms with E-state index in [4.69, 9.17) is 0 Å². The summed E-state index contributed by atoms with van der Waals surface area (Å²) in [5.41, 5.74) is 2.07. The number of carbonyl (C=O) groups is 1. The smallest absolute Gasteiger partial charge is 0.321 e. The van der Waals surface area contributed by atoms with Gasteiger partial charge in [-0.2, -0.15) is 0 Å². The highest BCUT2D eigenvalue weighted by Crippen LogP contribution is 2.19. The van der Waals surface area contributed by atoms with Gasteiger partial charge in [0.2, 0.25) is 10.0 Å². The number of amides is 2. The number of hydrogen-bond acceptors (Lipinski definition) is 3. The van der Waals surface area contributed by atoms with Crippen molar-refractivity contribution in [3.05, 3.63) is 29.8 Å². The average Bonchev–Trinajstić information content (AvgIpc) is 2.60. The topological polar surface area (TPSA) is 78.5 Å². The number of nitrogens with zero attached hydrogens (tertiary/aromatic N) is 1. The van der Waals surface area contributed by atoms with Crippen LogP contribution in [0.3, 0.4) is 0 Å². The van der Waals surface area contributed by atoms with Crippen molar-refractivity contribution in [1.29, 1.82) is 0 Å². The van der Waals surface area contributed by atoms with Gasteiger partial charge in [-0.25, -0.2) is 17.9 Å². The summed E-state index contributed by atoms with van der Waals surface area (Å²) in [4.78, 5) is 14.2. The van der Waals surface area contributed by atoms with Crippen LogP contribution in [0.25, 0.3) is 0 Å². The summed E-state index contributed by atoms with van der Waals surface area (Å²) in [7, 11) is -3.36. The molecule has 1 fully saturated rings. The van der Waals surface area contributed by atoms with Gasteiger partial charge in [-0.3, -0.25) is 0 Å². The van der Waals surface area contributed by atoms with E-state index in [0.717, 1.165) is 12.1 Å². The molecule has 152 valence electrons. The number of urea groups is 1. The third-order valence-electron chi connectivity index (χ3n) is 4.93. The van der Waals surface area contributed by atoms with Gasteiger partial charge in [0.25, 0.3) is 0 Å². The van der Waals surface area contributed by atoms with Crippen LogP contribution in [0, 0.1) is 0 Å². The van der Waals surface area contributed by atoms with Gasteiger partial charge in [0.1, 0.15) is 0 Å². The molecule has 6 nitrogen and oxygen atoms in total. The maximum Gasteiger partial charge on any atom is 0.321 e. The van der Waals surface area contributed by atoms with Crippen LogP contribution in [0.1, 0.15) is 58.9 Å². The standard InChI is InChI=1S/C20H33N3O3S/c1-5-6-7-16-8-10-17(11-9-16)21-19(24)23-14-12-18(13-15-23)22-27(25,26)20(2,3)4/h8-11,18,22H,5-7,12-15H2,1-4H3,(H,21,24). The molecule has 27 heavy (non-hydrogen) atoms. The molecule has 1 aliphatic heterocycles. The Hall–Kier alpha value is -1.60. The van der Waals surface area contributed by atoms with Gasteiger partial charge in [-0.15, -0.1) is 0 Å². The zero-order chi connectivity index (χ0) is 20.1. The molecule has 0 saturated carbocycles. The summed E-state index contributed by atoms with van der Waals surface area (Å²) in [6.45, 7) is 8.31. The van der Waals surface area contributed by atoms with Crippen molar-refractivity contribution in [3.63, 3.8) is 0 Å². The lowest BCUT2D eigenvalue weighted by atomic mass is 10.1. The number of piperidine rings is 1. The molecule has 0 aliphatic carbocycles. The van der Waals surface area contributed by atoms with Crippen LogP contribution in [-0.4, -0.2) is 43.2 Å². The largest absolute Gasteiger partial charge is 0.324 e. The predicted octanol–water partition coefficient (Wildman–Crippen LogP) is 3.74. The summed E-state index contributed by atoms with van der Waals surface area (Å²) >= 11 is 0. The van der Waals surface area contributed by atoms with Crippen LogP contribution in [0.5, 0.6) is 0 Å². The van der Waals surface area contributed by atoms with Gasteiger partial charge >= 0.3 is 6.03 Å². The van der Waals surface area contributed by atoms with Crippen LogP contribution in [-0.2, 0) is 16.4 Å². The zero-order valence-electron chi connectivity index (χ0n) is 16.9. The molecule has 1 aromatic carbocycles. The van der Waals surface area contributed by atoms with Gasteiger partial charge in [-0.1, -0.05) is 25.5 Å². The number of nitrogens with one attached hydrogen (secondary N) is 2. The minimum absolute atomic E-state index is 0.115. The number of anilines is 1. The molecule has 2 rings (SSSR count). The first-order chi connectivity index (χ1) is 12.6. The van der Waals surface area contributed by atoms with E-state index in [1.54, 1.807) is 25.7 Å². The second kappa shape index (κ2) is 9.06. The van der Waals surface area contributed by atoms with E-state index in [-0.39, 0.29) is 12.1 Å². The molecule has 0 radical (unpaired) electrons. The highest BCUT2D eigenvalue weighted by atomic mass is 32.2. The van der Waals surface area contributed by atoms with Crippen LogP contribution >= 0.6 is 0 Å². The summed E-state index contributed by atoms with van der Waals surface area (Å²) in [6, 6.07) is 7.74. The molecular weight excluding hydrogens is 362 g/mol. The highest BCUT2D eigenvalue weighted by molar-refractivity contribution is 7.90. The first kappa shape index (κ1) is 21.7. The van der Waals surface area contributed by atoms with Crippen LogP contribution in [0.15, 0.2) is 24.3 Å². The summed E-state index contributed by atoms with van der Waals surface area (Å²) in [6.07, 6.45) is 4.64. The van der Waals surface area contributed by atoms with Crippen molar-refractivity contribution < 1.29 is 13.2 Å². The quantitative estimate of drug-likeness (QED) is 0.770. The Morgan fingerprint density at radius 1 is 1.15 bits per heavy atom. The number of carbonyl (C=O) groups excluding carboxylic acids is 1. The Kier molecular flexibility index (Phi) is 7.28. The maximum atomic E-state index is 12.5. The molecule has 7 heteroatoms. The minimum Gasteiger partial charge on any atom is -0.324 e. The number of rotatable bonds is 6. The number of unbranched alkanes of at least 4 members (excludes halogenated alkanes) is 1. The van der Waals surface area contributed by atoms with Crippen molar-refractivity contribution in [2.75, 3.05) is 18.4 Å². The highest BCUT2D eigenvalue weighted by Gasteiger charge is 2.33. The Morgan fingerprint density at radius 2 is 1.74 bits per heavy atom. The van der Waals surface area contributed by atoms with Crippen LogP contribution in [0.4, 0.5) is 10.5 Å². The van der Waals surface area contributed by atoms with E-state index < -0.39 is 14.8 Å². The summed E-state index contributed by atoms with van der Waals surface area (Å²) in [5, 5.41) is 2.93. The molecule has 0 unspecified atom stereocenters. The van der Waals surface area contributed by atoms with Crippen molar-refractivity contribution >= 4 is 21.7 Å². The van der Waals surface area contributed by atoms with Crippen molar-refractivity contribution in [2.24, 2.45) is 0 Å². The average molecular weight is 396 g/mol. The second-order valence-electron chi connectivity index (χ2n) is 8.23. The van der Waals surface area contributed by atoms with Crippen LogP contribution < -0.4 is 10.0 Å². The van der Waals surface area contributed by atoms with Gasteiger partial charge < -0.3 is 10.2 Å². The van der Waals surface area contributed by atoms with Crippen molar-refractivity contribution in [2.45, 2.75) is 70.6 Å². The van der Waals surface area contributed by atoms with E-state index in [1.807, 2.05) is 12.1 Å². The Labute approximate surface area is 163 Å². The third kappa shape index (κ3) is 6.21. The fourth-order valence-electron chi connectivity index (χ4n) is 2.93. The van der Waals surface area contributed by atoms with Gasteiger partial charge in [-0.05, 0) is 64.2 Å². The Bertz CT molecular complexity index is 716. The second-order valence-corrected chi connectivity index (χ2v) is 10.7. The minimum atomic E-state index is -3.36. The number of aryl methyl sites for hydroxylation is 1. The fraction of sp³-hybridized carbons (Fsp3) is 0.650. The molecule has 1 aromatic rings. The maximum absolute atomic E-state index is 12.5. The molecule has 0 atom stereocenters. The molecule has 0 aromatic heterocycles. The fourth-order valence-corrected chi connectivity index (χ4v) is 3.96. The van der Waals surface area contributed by atoms with Gasteiger partial charge in [0.15, 0.2) is 0 Å². The van der Waals surface area contributed by atoms with E-state index >= 15 is 0 Å². The third-order valence-corrected chi connectivity index (χ3v) is 7.19. The van der Waals surface area contributed by atoms with E-state index in [0.29, 0.717) is 25.9 Å². The zero-order valence-corrected chi connectivity index (χ0v) is 17.7. The lowest BCUT2D eigenvalue weighted by Gasteiger charge is -2.33. The monoisotopic (exact) mass is 395 g/mol. The molecular formula is C20H33N3O3S. The normalized spacial score (nSPS) is 16.4. The lowest BCUT2D eigenvalue weighted by Crippen LogP contribution is -2.50. The van der Waals surface area contributed by atoms with E-state index in [9.17, 15) is 13.2 Å². The molecule has 1 aliphatic rings. The van der Waals surface area contributed by atoms with E-state index in [2.05, 4.69) is 29.1 Å². The summed E-state index contributed by atoms with van der Waals surface area (Å²) < 4.78 is 26.5. The number of hydrogen-bond donors (Lipinski definition) is 2. The molecule has 1 saturated heterocycles. The molecule has 2 N–H and O–H groups in total. The first-order valence-corrected chi connectivity index (χ1v) is 11.3. The Morgan fingerprint density at radius 3 is 2.26 bits per heavy atom. The Balaban J connectivity index is 1.83. The lowest BCUT2D eigenvalue weighted by molar-refractivity contribution is 0.193. The number of likely N-dealkylation sites (tertiary alicyclic amines) is 1.